The molecule has 9 rings (SSSR count). The Morgan fingerprint density at radius 1 is 0.529 bits per heavy atom. The fourth-order valence-corrected chi connectivity index (χ4v) is 9.14. The minimum atomic E-state index is 0.953. The van der Waals surface area contributed by atoms with Crippen molar-refractivity contribution < 1.29 is 0 Å². The Morgan fingerprint density at radius 3 is 1.78 bits per heavy atom. The van der Waals surface area contributed by atoms with E-state index in [4.69, 9.17) is 0 Å². The van der Waals surface area contributed by atoms with E-state index in [1.54, 1.807) is 0 Å². The zero-order valence-corrected chi connectivity index (χ0v) is 39.4. The van der Waals surface area contributed by atoms with Gasteiger partial charge >= 0.3 is 0 Å². The Bertz CT molecular complexity index is 3430. The number of fused-ring (bicyclic) bond motifs is 3. The van der Waals surface area contributed by atoms with Crippen molar-refractivity contribution in [3.63, 3.8) is 0 Å². The summed E-state index contributed by atoms with van der Waals surface area (Å²) < 4.78 is 2.41. The number of anilines is 2. The maximum absolute atomic E-state index is 4.46. The van der Waals surface area contributed by atoms with E-state index in [1.165, 1.54) is 38.6 Å². The van der Waals surface area contributed by atoms with Crippen molar-refractivity contribution in [1.29, 1.82) is 0 Å². The number of hydrogen-bond acceptors (Lipinski definition) is 1. The second kappa shape index (κ2) is 20.4. The zero-order chi connectivity index (χ0) is 47.0. The lowest BCUT2D eigenvalue weighted by atomic mass is 9.91. The quantitative estimate of drug-likeness (QED) is 0.0851. The molecule has 330 valence electrons. The van der Waals surface area contributed by atoms with Gasteiger partial charge < -0.3 is 9.88 Å². The van der Waals surface area contributed by atoms with Crippen molar-refractivity contribution in [2.24, 2.45) is 0 Å². The Kier molecular flexibility index (Phi) is 13.4. The molecule has 0 spiro atoms. The third-order valence-electron chi connectivity index (χ3n) is 12.8. The van der Waals surface area contributed by atoms with Gasteiger partial charge in [0.25, 0.3) is 0 Å². The second-order valence-electron chi connectivity index (χ2n) is 17.1. The van der Waals surface area contributed by atoms with E-state index < -0.39 is 0 Å². The fraction of sp³-hybridized carbons (Fsp3) is 0.0606. The van der Waals surface area contributed by atoms with Crippen molar-refractivity contribution >= 4 is 61.2 Å². The molecule has 0 bridgehead atoms. The summed E-state index contributed by atoms with van der Waals surface area (Å²) in [6.45, 7) is 17.1. The van der Waals surface area contributed by atoms with Crippen LogP contribution in [-0.2, 0) is 0 Å². The SMILES string of the molecule is C=C/C=C(\C=C/C)n1c2ccc(-c3ccc(Nc4ccc(/C(C)=C/C)cc4)c(/C(C)=C(/C=C\C(=C)c4ccccc4)c4ccccc4)c3)cc2c2cc(-c3ccccc3)cc(-c3ccccc3)c21. The zero-order valence-electron chi connectivity index (χ0n) is 39.4. The average molecular weight is 877 g/mol. The Morgan fingerprint density at radius 2 is 1.13 bits per heavy atom. The molecular formula is C66H56N2. The van der Waals surface area contributed by atoms with Crippen molar-refractivity contribution in [2.45, 2.75) is 27.7 Å². The highest BCUT2D eigenvalue weighted by atomic mass is 15.0. The molecule has 68 heavy (non-hydrogen) atoms. The van der Waals surface area contributed by atoms with Crippen molar-refractivity contribution in [3.8, 4) is 33.4 Å². The number of nitrogens with zero attached hydrogens (tertiary/aromatic N) is 1. The maximum atomic E-state index is 4.46. The molecule has 0 aliphatic rings. The predicted molar refractivity (Wildman–Crippen MR) is 298 cm³/mol. The minimum Gasteiger partial charge on any atom is -0.355 e. The predicted octanol–water partition coefficient (Wildman–Crippen LogP) is 18.8. The molecule has 2 nitrogen and oxygen atoms in total. The van der Waals surface area contributed by atoms with Gasteiger partial charge in [-0.2, -0.15) is 0 Å². The molecule has 2 heteroatoms. The molecule has 0 amide bonds. The largest absolute Gasteiger partial charge is 0.355 e. The molecule has 1 aromatic heterocycles. The molecule has 0 atom stereocenters. The number of aromatic nitrogens is 1. The minimum absolute atomic E-state index is 0.953. The van der Waals surface area contributed by atoms with E-state index >= 15 is 0 Å². The lowest BCUT2D eigenvalue weighted by molar-refractivity contribution is 1.24. The third-order valence-corrected chi connectivity index (χ3v) is 12.8. The summed E-state index contributed by atoms with van der Waals surface area (Å²) in [6.07, 6.45) is 14.8. The standard InChI is InChI=1S/C66H56N2/c1-7-22-58(23-8-2)68-65-41-36-55(43-62(65)63-45-56(51-26-16-11-17-27-51)44-61(66(63)68)53-30-20-13-21-31-53)54-35-40-64(67-57-37-33-50(34-38-57)46(4)9-3)60(42-54)48(6)59(52-28-18-12-19-29-52)39-32-47(5)49-24-14-10-15-25-49/h7-45,67H,1,5H2,2-4,6H3/b23-8-,39-32-,46-9+,58-22+,59-48-. The highest BCUT2D eigenvalue weighted by Crippen LogP contribution is 2.44. The van der Waals surface area contributed by atoms with Gasteiger partial charge in [-0.25, -0.2) is 0 Å². The Hall–Kier alpha value is -8.46. The molecule has 9 aromatic rings. The molecule has 0 saturated carbocycles. The van der Waals surface area contributed by atoms with Crippen molar-refractivity contribution in [1.82, 2.24) is 4.57 Å². The van der Waals surface area contributed by atoms with Gasteiger partial charge in [0, 0.05) is 39.0 Å². The topological polar surface area (TPSA) is 17.0 Å². The molecule has 1 heterocycles. The molecule has 0 radical (unpaired) electrons. The van der Waals surface area contributed by atoms with E-state index in [2.05, 4.69) is 275 Å². The van der Waals surface area contributed by atoms with Crippen LogP contribution in [0.5, 0.6) is 0 Å². The van der Waals surface area contributed by atoms with E-state index in [-0.39, 0.29) is 0 Å². The highest BCUT2D eigenvalue weighted by Gasteiger charge is 2.20. The summed E-state index contributed by atoms with van der Waals surface area (Å²) in [4.78, 5) is 0. The Balaban J connectivity index is 1.28. The van der Waals surface area contributed by atoms with Gasteiger partial charge in [0.05, 0.1) is 11.0 Å². The van der Waals surface area contributed by atoms with Crippen molar-refractivity contribution in [3.05, 3.63) is 272 Å². The van der Waals surface area contributed by atoms with Crippen LogP contribution >= 0.6 is 0 Å². The molecule has 0 saturated heterocycles. The smallest absolute Gasteiger partial charge is 0.0619 e. The van der Waals surface area contributed by atoms with Gasteiger partial charge in [-0.1, -0.05) is 189 Å². The van der Waals surface area contributed by atoms with Gasteiger partial charge in [-0.15, -0.1) is 0 Å². The summed E-state index contributed by atoms with van der Waals surface area (Å²) >= 11 is 0. The van der Waals surface area contributed by atoms with Crippen LogP contribution in [0.3, 0.4) is 0 Å². The average Bonchev–Trinajstić information content (AvgIpc) is 3.73. The number of allylic oxidation sites excluding steroid dienone is 12. The first kappa shape index (κ1) is 44.7. The van der Waals surface area contributed by atoms with Crippen LogP contribution in [0.4, 0.5) is 11.4 Å². The van der Waals surface area contributed by atoms with E-state index in [1.807, 2.05) is 12.1 Å². The monoisotopic (exact) mass is 876 g/mol. The summed E-state index contributed by atoms with van der Waals surface area (Å²) in [5, 5.41) is 6.19. The van der Waals surface area contributed by atoms with Gasteiger partial charge in [0.15, 0.2) is 0 Å². The second-order valence-corrected chi connectivity index (χ2v) is 17.1. The van der Waals surface area contributed by atoms with Gasteiger partial charge in [-0.05, 0) is 155 Å². The van der Waals surface area contributed by atoms with Crippen molar-refractivity contribution in [2.75, 3.05) is 5.32 Å². The lowest BCUT2D eigenvalue weighted by Crippen LogP contribution is -1.98. The lowest BCUT2D eigenvalue weighted by Gasteiger charge is -2.18. The van der Waals surface area contributed by atoms with Gasteiger partial charge in [0.1, 0.15) is 0 Å². The maximum Gasteiger partial charge on any atom is 0.0619 e. The van der Waals surface area contributed by atoms with E-state index in [0.29, 0.717) is 0 Å². The highest BCUT2D eigenvalue weighted by molar-refractivity contribution is 6.17. The van der Waals surface area contributed by atoms with Crippen LogP contribution in [0.1, 0.15) is 49.9 Å². The first-order chi connectivity index (χ1) is 33.3. The van der Waals surface area contributed by atoms with E-state index in [0.717, 1.165) is 78.2 Å². The van der Waals surface area contributed by atoms with Crippen LogP contribution in [-0.4, -0.2) is 4.57 Å². The third kappa shape index (κ3) is 9.31. The first-order valence-corrected chi connectivity index (χ1v) is 23.4. The summed E-state index contributed by atoms with van der Waals surface area (Å²) in [7, 11) is 0. The number of nitrogens with one attached hydrogen (secondary N) is 1. The van der Waals surface area contributed by atoms with Gasteiger partial charge in [-0.3, -0.25) is 0 Å². The fourth-order valence-electron chi connectivity index (χ4n) is 9.14. The Labute approximate surface area is 402 Å². The molecule has 1 N–H and O–H groups in total. The summed E-state index contributed by atoms with van der Waals surface area (Å²) in [6, 6.07) is 69.7. The molecule has 0 fully saturated rings. The number of hydrogen-bond donors (Lipinski definition) is 1. The van der Waals surface area contributed by atoms with E-state index in [9.17, 15) is 0 Å². The van der Waals surface area contributed by atoms with Crippen LogP contribution < -0.4 is 5.32 Å². The number of benzene rings is 8. The molecular weight excluding hydrogens is 821 g/mol. The van der Waals surface area contributed by atoms with Crippen LogP contribution in [0.15, 0.2) is 250 Å². The first-order valence-electron chi connectivity index (χ1n) is 23.4. The molecule has 0 aliphatic heterocycles. The van der Waals surface area contributed by atoms with Gasteiger partial charge in [0.2, 0.25) is 0 Å². The summed E-state index contributed by atoms with van der Waals surface area (Å²) in [5.74, 6) is 0. The molecule has 0 aliphatic carbocycles. The molecule has 8 aromatic carbocycles. The summed E-state index contributed by atoms with van der Waals surface area (Å²) in [5.41, 5.74) is 21.3. The number of rotatable bonds is 14. The molecule has 0 unspecified atom stereocenters. The van der Waals surface area contributed by atoms with Crippen LogP contribution in [0.2, 0.25) is 0 Å². The van der Waals surface area contributed by atoms with Crippen LogP contribution in [0.25, 0.3) is 83.2 Å². The normalized spacial score (nSPS) is 12.5. The van der Waals surface area contributed by atoms with Crippen LogP contribution in [0, 0.1) is 0 Å².